The van der Waals surface area contributed by atoms with Crippen LogP contribution in [0.1, 0.15) is 26.7 Å². The molecule has 10 heavy (non-hydrogen) atoms. The van der Waals surface area contributed by atoms with Crippen LogP contribution >= 0.6 is 0 Å². The molecular formula is C7H13NO2. The summed E-state index contributed by atoms with van der Waals surface area (Å²) in [5.74, 6) is -0.299. The van der Waals surface area contributed by atoms with Crippen LogP contribution in [-0.2, 0) is 9.59 Å². The highest BCUT2D eigenvalue weighted by Crippen LogP contribution is 2.00. The lowest BCUT2D eigenvalue weighted by Gasteiger charge is -2.00. The monoisotopic (exact) mass is 143 g/mol. The van der Waals surface area contributed by atoms with Crippen molar-refractivity contribution >= 4 is 11.7 Å². The van der Waals surface area contributed by atoms with Crippen LogP contribution in [0.2, 0.25) is 0 Å². The molecule has 0 atom stereocenters. The van der Waals surface area contributed by atoms with Gasteiger partial charge in [0.05, 0.1) is 0 Å². The second-order valence-electron chi connectivity index (χ2n) is 2.59. The smallest absolute Gasteiger partial charge is 0.217 e. The minimum Gasteiger partial charge on any atom is -0.370 e. The van der Waals surface area contributed by atoms with E-state index >= 15 is 0 Å². The molecule has 0 heterocycles. The quantitative estimate of drug-likeness (QED) is 0.622. The lowest BCUT2D eigenvalue weighted by Crippen LogP contribution is -2.14. The number of rotatable bonds is 4. The Kier molecular flexibility index (Phi) is 3.69. The average molecular weight is 143 g/mol. The van der Waals surface area contributed by atoms with Gasteiger partial charge in [0.2, 0.25) is 5.91 Å². The summed E-state index contributed by atoms with van der Waals surface area (Å²) in [6, 6.07) is 0. The first-order chi connectivity index (χ1) is 4.54. The Morgan fingerprint density at radius 3 is 2.10 bits per heavy atom. The summed E-state index contributed by atoms with van der Waals surface area (Å²) in [6.45, 7) is 3.62. The molecule has 0 aliphatic heterocycles. The van der Waals surface area contributed by atoms with Crippen LogP contribution in [-0.4, -0.2) is 11.7 Å². The minimum absolute atomic E-state index is 0.0133. The lowest BCUT2D eigenvalue weighted by atomic mass is 10.0. The van der Waals surface area contributed by atoms with Crippen LogP contribution in [0.4, 0.5) is 0 Å². The Bertz CT molecular complexity index is 141. The fourth-order valence-electron chi connectivity index (χ4n) is 0.535. The van der Waals surface area contributed by atoms with E-state index in [-0.39, 0.29) is 24.5 Å². The molecule has 0 unspecified atom stereocenters. The van der Waals surface area contributed by atoms with Gasteiger partial charge in [0.25, 0.3) is 0 Å². The number of Topliss-reactive ketones (excluding diaryl/α,β-unsaturated/α-hetero) is 1. The third kappa shape index (κ3) is 4.06. The Balaban J connectivity index is 3.50. The second kappa shape index (κ2) is 4.04. The molecule has 0 saturated carbocycles. The van der Waals surface area contributed by atoms with Gasteiger partial charge in [0, 0.05) is 18.8 Å². The van der Waals surface area contributed by atoms with E-state index in [4.69, 9.17) is 5.73 Å². The third-order valence-electron chi connectivity index (χ3n) is 1.26. The zero-order chi connectivity index (χ0) is 8.15. The van der Waals surface area contributed by atoms with Gasteiger partial charge >= 0.3 is 0 Å². The predicted molar refractivity (Wildman–Crippen MR) is 38.3 cm³/mol. The average Bonchev–Trinajstić information content (AvgIpc) is 1.82. The SMILES string of the molecule is CC(C)C(=O)CCC(N)=O. The van der Waals surface area contributed by atoms with Gasteiger partial charge in [-0.05, 0) is 0 Å². The van der Waals surface area contributed by atoms with Crippen molar-refractivity contribution in [3.63, 3.8) is 0 Å². The van der Waals surface area contributed by atoms with E-state index in [1.807, 2.05) is 13.8 Å². The van der Waals surface area contributed by atoms with Crippen LogP contribution in [0, 0.1) is 5.92 Å². The van der Waals surface area contributed by atoms with Crippen molar-refractivity contribution in [2.45, 2.75) is 26.7 Å². The Morgan fingerprint density at radius 2 is 1.80 bits per heavy atom. The van der Waals surface area contributed by atoms with E-state index in [1.165, 1.54) is 0 Å². The molecule has 0 aliphatic carbocycles. The molecule has 3 nitrogen and oxygen atoms in total. The van der Waals surface area contributed by atoms with E-state index < -0.39 is 5.91 Å². The second-order valence-corrected chi connectivity index (χ2v) is 2.59. The van der Waals surface area contributed by atoms with Gasteiger partial charge < -0.3 is 5.73 Å². The molecule has 2 N–H and O–H groups in total. The molecule has 0 aromatic carbocycles. The number of carbonyl (C=O) groups is 2. The van der Waals surface area contributed by atoms with Gasteiger partial charge in [-0.25, -0.2) is 0 Å². The number of hydrogen-bond acceptors (Lipinski definition) is 2. The summed E-state index contributed by atoms with van der Waals surface area (Å²) < 4.78 is 0. The molecule has 0 saturated heterocycles. The van der Waals surface area contributed by atoms with Gasteiger partial charge in [-0.1, -0.05) is 13.8 Å². The zero-order valence-electron chi connectivity index (χ0n) is 6.39. The van der Waals surface area contributed by atoms with Crippen molar-refractivity contribution < 1.29 is 9.59 Å². The minimum atomic E-state index is -0.408. The van der Waals surface area contributed by atoms with Crippen molar-refractivity contribution in [3.8, 4) is 0 Å². The standard InChI is InChI=1S/C7H13NO2/c1-5(2)6(9)3-4-7(8)10/h5H,3-4H2,1-2H3,(H2,8,10). The summed E-state index contributed by atoms with van der Waals surface area (Å²) in [6.07, 6.45) is 0.462. The third-order valence-corrected chi connectivity index (χ3v) is 1.26. The summed E-state index contributed by atoms with van der Waals surface area (Å²) in [5.41, 5.74) is 4.85. The maximum Gasteiger partial charge on any atom is 0.217 e. The number of ketones is 1. The molecule has 0 rings (SSSR count). The molecule has 0 fully saturated rings. The van der Waals surface area contributed by atoms with Crippen LogP contribution in [0.5, 0.6) is 0 Å². The van der Waals surface area contributed by atoms with E-state index in [1.54, 1.807) is 0 Å². The number of amides is 1. The maximum atomic E-state index is 10.8. The molecule has 58 valence electrons. The highest BCUT2D eigenvalue weighted by atomic mass is 16.1. The molecule has 0 bridgehead atoms. The number of hydrogen-bond donors (Lipinski definition) is 1. The zero-order valence-corrected chi connectivity index (χ0v) is 6.39. The molecule has 0 aromatic heterocycles. The van der Waals surface area contributed by atoms with E-state index in [2.05, 4.69) is 0 Å². The largest absolute Gasteiger partial charge is 0.370 e. The molecule has 0 aliphatic rings. The molecule has 3 heteroatoms. The maximum absolute atomic E-state index is 10.8. The molecule has 1 amide bonds. The van der Waals surface area contributed by atoms with E-state index in [9.17, 15) is 9.59 Å². The summed E-state index contributed by atoms with van der Waals surface area (Å²) in [4.78, 5) is 21.0. The van der Waals surface area contributed by atoms with Crippen LogP contribution in [0.15, 0.2) is 0 Å². The topological polar surface area (TPSA) is 60.2 Å². The van der Waals surface area contributed by atoms with Gasteiger partial charge in [-0.15, -0.1) is 0 Å². The summed E-state index contributed by atoms with van der Waals surface area (Å²) in [7, 11) is 0. The van der Waals surface area contributed by atoms with Crippen molar-refractivity contribution in [2.75, 3.05) is 0 Å². The van der Waals surface area contributed by atoms with Crippen LogP contribution in [0.25, 0.3) is 0 Å². The van der Waals surface area contributed by atoms with Crippen molar-refractivity contribution in [1.29, 1.82) is 0 Å². The lowest BCUT2D eigenvalue weighted by molar-refractivity contribution is -0.125. The Morgan fingerprint density at radius 1 is 1.30 bits per heavy atom. The fraction of sp³-hybridized carbons (Fsp3) is 0.714. The molecular weight excluding hydrogens is 130 g/mol. The summed E-state index contributed by atoms with van der Waals surface area (Å²) >= 11 is 0. The van der Waals surface area contributed by atoms with E-state index in [0.29, 0.717) is 0 Å². The Hall–Kier alpha value is -0.860. The molecule has 0 spiro atoms. The highest BCUT2D eigenvalue weighted by molar-refractivity contribution is 5.85. The van der Waals surface area contributed by atoms with Gasteiger partial charge in [0.15, 0.2) is 0 Å². The fourth-order valence-corrected chi connectivity index (χ4v) is 0.535. The van der Waals surface area contributed by atoms with Crippen LogP contribution < -0.4 is 5.73 Å². The van der Waals surface area contributed by atoms with Crippen molar-refractivity contribution in [2.24, 2.45) is 11.7 Å². The van der Waals surface area contributed by atoms with Gasteiger partial charge in [-0.2, -0.15) is 0 Å². The van der Waals surface area contributed by atoms with Crippen LogP contribution in [0.3, 0.4) is 0 Å². The number of nitrogens with two attached hydrogens (primary N) is 1. The first-order valence-electron chi connectivity index (χ1n) is 3.35. The molecule has 0 radical (unpaired) electrons. The van der Waals surface area contributed by atoms with Gasteiger partial charge in [-0.3, -0.25) is 9.59 Å². The Labute approximate surface area is 60.6 Å². The predicted octanol–water partition coefficient (Wildman–Crippen LogP) is 0.477. The highest BCUT2D eigenvalue weighted by Gasteiger charge is 2.07. The van der Waals surface area contributed by atoms with Crippen molar-refractivity contribution in [3.05, 3.63) is 0 Å². The number of carbonyl (C=O) groups excluding carboxylic acids is 2. The normalized spacial score (nSPS) is 9.90. The van der Waals surface area contributed by atoms with E-state index in [0.717, 1.165) is 0 Å². The molecule has 0 aromatic rings. The van der Waals surface area contributed by atoms with Crippen molar-refractivity contribution in [1.82, 2.24) is 0 Å². The number of primary amides is 1. The van der Waals surface area contributed by atoms with Gasteiger partial charge in [0.1, 0.15) is 5.78 Å². The summed E-state index contributed by atoms with van der Waals surface area (Å²) in [5, 5.41) is 0. The first-order valence-corrected chi connectivity index (χ1v) is 3.35. The first kappa shape index (κ1) is 9.14.